The van der Waals surface area contributed by atoms with Gasteiger partial charge in [0.05, 0.1) is 19.3 Å². The number of nitrogens with zero attached hydrogens (tertiary/aromatic N) is 8. The molecule has 0 spiro atoms. The van der Waals surface area contributed by atoms with Gasteiger partial charge in [0.25, 0.3) is 0 Å². The quantitative estimate of drug-likeness (QED) is 0.713. The minimum atomic E-state index is 0.452. The third-order valence-corrected chi connectivity index (χ3v) is 2.73. The molecule has 0 atom stereocenters. The zero-order chi connectivity index (χ0) is 13.9. The van der Waals surface area contributed by atoms with Gasteiger partial charge in [-0.15, -0.1) is 20.4 Å². The molecule has 0 fully saturated rings. The molecular formula is C11H13N9. The molecule has 0 aliphatic rings. The van der Waals surface area contributed by atoms with Crippen molar-refractivity contribution in [3.8, 4) is 11.4 Å². The molecule has 3 aromatic heterocycles. The molecule has 0 aliphatic heterocycles. The maximum atomic E-state index is 4.16. The van der Waals surface area contributed by atoms with Gasteiger partial charge in [-0.05, 0) is 23.4 Å². The Balaban J connectivity index is 1.69. The van der Waals surface area contributed by atoms with E-state index in [0.29, 0.717) is 18.2 Å². The Morgan fingerprint density at radius 2 is 2.00 bits per heavy atom. The van der Waals surface area contributed by atoms with E-state index in [1.54, 1.807) is 17.9 Å². The Morgan fingerprint density at radius 3 is 2.60 bits per heavy atom. The number of aryl methyl sites for hydroxylation is 2. The molecular weight excluding hydrogens is 258 g/mol. The van der Waals surface area contributed by atoms with E-state index in [0.717, 1.165) is 11.4 Å². The smallest absolute Gasteiger partial charge is 0.193 e. The Morgan fingerprint density at radius 1 is 1.10 bits per heavy atom. The van der Waals surface area contributed by atoms with Gasteiger partial charge in [0.1, 0.15) is 11.5 Å². The van der Waals surface area contributed by atoms with Gasteiger partial charge in [0, 0.05) is 13.2 Å². The van der Waals surface area contributed by atoms with Crippen LogP contribution in [0.4, 0.5) is 5.82 Å². The summed E-state index contributed by atoms with van der Waals surface area (Å²) in [6, 6.07) is 5.63. The summed E-state index contributed by atoms with van der Waals surface area (Å²) >= 11 is 0. The molecule has 3 heterocycles. The minimum Gasteiger partial charge on any atom is -0.361 e. The predicted octanol–water partition coefficient (Wildman–Crippen LogP) is 0.0127. The van der Waals surface area contributed by atoms with Crippen LogP contribution in [0.5, 0.6) is 0 Å². The molecule has 0 saturated heterocycles. The van der Waals surface area contributed by atoms with Crippen molar-refractivity contribution in [3.63, 3.8) is 0 Å². The minimum absolute atomic E-state index is 0.452. The normalized spacial score (nSPS) is 10.7. The fraction of sp³-hybridized carbons (Fsp3) is 0.273. The SMILES string of the molecule is Cn1nnc(CNc2ccc(-c3ccnn3C)nn2)n1. The highest BCUT2D eigenvalue weighted by molar-refractivity contribution is 5.54. The number of aromatic nitrogens is 8. The molecule has 3 aromatic rings. The lowest BCUT2D eigenvalue weighted by atomic mass is 10.3. The third kappa shape index (κ3) is 2.46. The van der Waals surface area contributed by atoms with Gasteiger partial charge in [-0.2, -0.15) is 9.90 Å². The van der Waals surface area contributed by atoms with Crippen molar-refractivity contribution in [1.29, 1.82) is 0 Å². The molecule has 0 radical (unpaired) electrons. The fourth-order valence-corrected chi connectivity index (χ4v) is 1.75. The Bertz CT molecular complexity index is 697. The molecule has 0 amide bonds. The van der Waals surface area contributed by atoms with E-state index in [-0.39, 0.29) is 0 Å². The van der Waals surface area contributed by atoms with Crippen LogP contribution in [0.1, 0.15) is 5.82 Å². The van der Waals surface area contributed by atoms with Crippen molar-refractivity contribution in [1.82, 2.24) is 40.2 Å². The molecule has 3 rings (SSSR count). The molecule has 0 aliphatic carbocycles. The third-order valence-electron chi connectivity index (χ3n) is 2.73. The van der Waals surface area contributed by atoms with Crippen molar-refractivity contribution in [3.05, 3.63) is 30.2 Å². The highest BCUT2D eigenvalue weighted by Crippen LogP contribution is 2.15. The second-order valence-corrected chi connectivity index (χ2v) is 4.19. The van der Waals surface area contributed by atoms with Gasteiger partial charge in [-0.25, -0.2) is 0 Å². The lowest BCUT2D eigenvalue weighted by Gasteiger charge is -2.03. The molecule has 0 unspecified atom stereocenters. The first kappa shape index (κ1) is 12.2. The summed E-state index contributed by atoms with van der Waals surface area (Å²) in [7, 11) is 3.59. The monoisotopic (exact) mass is 271 g/mol. The Kier molecular flexibility index (Phi) is 3.07. The summed E-state index contributed by atoms with van der Waals surface area (Å²) < 4.78 is 1.75. The molecule has 9 nitrogen and oxygen atoms in total. The van der Waals surface area contributed by atoms with Crippen LogP contribution in [-0.4, -0.2) is 40.2 Å². The first-order valence-corrected chi connectivity index (χ1v) is 6.01. The van der Waals surface area contributed by atoms with Gasteiger partial charge in [0.15, 0.2) is 5.82 Å². The van der Waals surface area contributed by atoms with Crippen molar-refractivity contribution in [2.75, 3.05) is 5.32 Å². The average molecular weight is 271 g/mol. The summed E-state index contributed by atoms with van der Waals surface area (Å²) in [4.78, 5) is 1.41. The zero-order valence-corrected chi connectivity index (χ0v) is 11.1. The number of rotatable bonds is 4. The lowest BCUT2D eigenvalue weighted by Crippen LogP contribution is -2.05. The van der Waals surface area contributed by atoms with E-state index >= 15 is 0 Å². The largest absolute Gasteiger partial charge is 0.361 e. The Hall–Kier alpha value is -2.84. The van der Waals surface area contributed by atoms with Crippen molar-refractivity contribution in [2.45, 2.75) is 6.54 Å². The van der Waals surface area contributed by atoms with Crippen LogP contribution in [-0.2, 0) is 20.6 Å². The van der Waals surface area contributed by atoms with Gasteiger partial charge in [0.2, 0.25) is 0 Å². The number of tetrazole rings is 1. The topological polar surface area (TPSA) is 99.2 Å². The standard InChI is InChI=1S/C11H13N9/c1-19-9(5-6-13-19)8-3-4-10(15-14-8)12-7-11-16-18-20(2)17-11/h3-6H,7H2,1-2H3,(H,12,15). The van der Waals surface area contributed by atoms with E-state index in [1.165, 1.54) is 4.80 Å². The van der Waals surface area contributed by atoms with E-state index in [9.17, 15) is 0 Å². The lowest BCUT2D eigenvalue weighted by molar-refractivity contribution is 0.628. The van der Waals surface area contributed by atoms with Crippen molar-refractivity contribution >= 4 is 5.82 Å². The van der Waals surface area contributed by atoms with Crippen LogP contribution in [0.15, 0.2) is 24.4 Å². The van der Waals surface area contributed by atoms with Crippen molar-refractivity contribution in [2.24, 2.45) is 14.1 Å². The number of hydrogen-bond donors (Lipinski definition) is 1. The van der Waals surface area contributed by atoms with Gasteiger partial charge in [-0.1, -0.05) is 0 Å². The molecule has 20 heavy (non-hydrogen) atoms. The summed E-state index contributed by atoms with van der Waals surface area (Å²) in [5, 5.41) is 27.2. The van der Waals surface area contributed by atoms with Crippen LogP contribution in [0.25, 0.3) is 11.4 Å². The van der Waals surface area contributed by atoms with Gasteiger partial charge < -0.3 is 5.32 Å². The van der Waals surface area contributed by atoms with E-state index in [4.69, 9.17) is 0 Å². The van der Waals surface area contributed by atoms with E-state index in [1.807, 2.05) is 25.2 Å². The second kappa shape index (κ2) is 5.03. The second-order valence-electron chi connectivity index (χ2n) is 4.19. The van der Waals surface area contributed by atoms with Crippen molar-refractivity contribution < 1.29 is 0 Å². The summed E-state index contributed by atoms with van der Waals surface area (Å²) in [6.07, 6.45) is 1.73. The zero-order valence-electron chi connectivity index (χ0n) is 11.1. The first-order valence-electron chi connectivity index (χ1n) is 6.01. The molecule has 9 heteroatoms. The van der Waals surface area contributed by atoms with Crippen LogP contribution in [0.3, 0.4) is 0 Å². The molecule has 1 N–H and O–H groups in total. The number of hydrogen-bond acceptors (Lipinski definition) is 7. The first-order chi connectivity index (χ1) is 9.72. The highest BCUT2D eigenvalue weighted by Gasteiger charge is 2.05. The summed E-state index contributed by atoms with van der Waals surface area (Å²) in [5.41, 5.74) is 1.69. The average Bonchev–Trinajstić information content (AvgIpc) is 3.06. The maximum Gasteiger partial charge on any atom is 0.193 e. The fourth-order valence-electron chi connectivity index (χ4n) is 1.75. The van der Waals surface area contributed by atoms with Crippen LogP contribution < -0.4 is 5.32 Å². The van der Waals surface area contributed by atoms with Gasteiger partial charge >= 0.3 is 0 Å². The van der Waals surface area contributed by atoms with Crippen LogP contribution in [0, 0.1) is 0 Å². The van der Waals surface area contributed by atoms with Gasteiger partial charge in [-0.3, -0.25) is 4.68 Å². The number of nitrogens with one attached hydrogen (secondary N) is 1. The van der Waals surface area contributed by atoms with Crippen LogP contribution >= 0.6 is 0 Å². The Labute approximate surface area is 114 Å². The molecule has 0 aromatic carbocycles. The van der Waals surface area contributed by atoms with Crippen LogP contribution in [0.2, 0.25) is 0 Å². The molecule has 0 saturated carbocycles. The maximum absolute atomic E-state index is 4.16. The molecule has 102 valence electrons. The highest BCUT2D eigenvalue weighted by atomic mass is 15.6. The van der Waals surface area contributed by atoms with E-state index < -0.39 is 0 Å². The summed E-state index contributed by atoms with van der Waals surface area (Å²) in [6.45, 7) is 0.452. The molecule has 0 bridgehead atoms. The number of anilines is 1. The van der Waals surface area contributed by atoms with E-state index in [2.05, 4.69) is 36.0 Å². The predicted molar refractivity (Wildman–Crippen MR) is 70.4 cm³/mol. The summed E-state index contributed by atoms with van der Waals surface area (Å²) in [5.74, 6) is 1.26.